The lowest BCUT2D eigenvalue weighted by Crippen LogP contribution is -2.47. The maximum atomic E-state index is 13.1. The first-order valence-corrected chi connectivity index (χ1v) is 10.7. The van der Waals surface area contributed by atoms with Crippen LogP contribution in [0.5, 0.6) is 0 Å². The van der Waals surface area contributed by atoms with E-state index in [1.165, 1.54) is 6.42 Å². The minimum absolute atomic E-state index is 0.0842. The van der Waals surface area contributed by atoms with E-state index in [1.807, 2.05) is 29.1 Å². The fourth-order valence-corrected chi connectivity index (χ4v) is 3.44. The van der Waals surface area contributed by atoms with E-state index >= 15 is 0 Å². The molecule has 0 aliphatic heterocycles. The minimum Gasteiger partial charge on any atom is -0.353 e. The Morgan fingerprint density at radius 2 is 1.93 bits per heavy atom. The van der Waals surface area contributed by atoms with Crippen molar-refractivity contribution in [2.75, 3.05) is 6.54 Å². The van der Waals surface area contributed by atoms with Gasteiger partial charge in [-0.25, -0.2) is 0 Å². The lowest BCUT2D eigenvalue weighted by atomic mass is 10.1. The van der Waals surface area contributed by atoms with Crippen molar-refractivity contribution in [2.24, 2.45) is 7.05 Å². The van der Waals surface area contributed by atoms with Crippen LogP contribution in [0.2, 0.25) is 0 Å². The monoisotopic (exact) mass is 375 g/mol. The lowest BCUT2D eigenvalue weighted by molar-refractivity contribution is -0.143. The molecule has 0 saturated heterocycles. The number of carbonyl (C=O) groups excluding carboxylic acids is 2. The van der Waals surface area contributed by atoms with Crippen LogP contribution in [0.4, 0.5) is 0 Å². The van der Waals surface area contributed by atoms with E-state index in [1.54, 1.807) is 0 Å². The van der Waals surface area contributed by atoms with Crippen molar-refractivity contribution in [3.63, 3.8) is 0 Å². The summed E-state index contributed by atoms with van der Waals surface area (Å²) in [6.07, 6.45) is 9.92. The van der Waals surface area contributed by atoms with Crippen molar-refractivity contribution in [2.45, 2.75) is 90.8 Å². The quantitative estimate of drug-likeness (QED) is 0.516. The Balaban J connectivity index is 1.99. The van der Waals surface area contributed by atoms with Gasteiger partial charge in [-0.15, -0.1) is 0 Å². The first kappa shape index (κ1) is 21.5. The molecule has 1 aromatic heterocycles. The number of hydrogen-bond acceptors (Lipinski definition) is 2. The maximum Gasteiger partial charge on any atom is 0.242 e. The lowest BCUT2D eigenvalue weighted by Gasteiger charge is -2.31. The molecule has 0 bridgehead atoms. The fraction of sp³-hybridized carbons (Fsp3) is 0.727. The normalized spacial score (nSPS) is 14.8. The highest BCUT2D eigenvalue weighted by molar-refractivity contribution is 5.85. The molecule has 1 atom stereocenters. The van der Waals surface area contributed by atoms with Gasteiger partial charge in [-0.3, -0.25) is 9.59 Å². The summed E-state index contributed by atoms with van der Waals surface area (Å²) in [6.45, 7) is 7.14. The average Bonchev–Trinajstić information content (AvgIpc) is 3.42. The largest absolute Gasteiger partial charge is 0.353 e. The summed E-state index contributed by atoms with van der Waals surface area (Å²) in [5.74, 6) is 0.212. The number of unbranched alkanes of at least 4 members (excludes halogenated alkanes) is 3. The van der Waals surface area contributed by atoms with Gasteiger partial charge in [-0.05, 0) is 44.7 Å². The van der Waals surface area contributed by atoms with Gasteiger partial charge >= 0.3 is 0 Å². The molecule has 0 spiro atoms. The Morgan fingerprint density at radius 3 is 2.48 bits per heavy atom. The van der Waals surface area contributed by atoms with E-state index in [9.17, 15) is 9.59 Å². The Hall–Kier alpha value is -1.78. The van der Waals surface area contributed by atoms with Crippen molar-refractivity contribution in [3.05, 3.63) is 24.0 Å². The third kappa shape index (κ3) is 6.40. The molecular weight excluding hydrogens is 338 g/mol. The van der Waals surface area contributed by atoms with Crippen LogP contribution >= 0.6 is 0 Å². The maximum absolute atomic E-state index is 13.1. The van der Waals surface area contributed by atoms with E-state index in [-0.39, 0.29) is 24.4 Å². The molecule has 1 heterocycles. The van der Waals surface area contributed by atoms with Gasteiger partial charge in [0.25, 0.3) is 0 Å². The summed E-state index contributed by atoms with van der Waals surface area (Å²) >= 11 is 0. The van der Waals surface area contributed by atoms with Crippen molar-refractivity contribution in [1.82, 2.24) is 14.4 Å². The molecule has 2 rings (SSSR count). The van der Waals surface area contributed by atoms with E-state index in [0.29, 0.717) is 19.0 Å². The summed E-state index contributed by atoms with van der Waals surface area (Å²) in [5.41, 5.74) is 1.14. The van der Waals surface area contributed by atoms with Gasteiger partial charge in [0.1, 0.15) is 6.54 Å². The van der Waals surface area contributed by atoms with E-state index < -0.39 is 0 Å². The molecule has 1 aliphatic rings. The molecule has 152 valence electrons. The molecule has 0 N–H and O–H groups in total. The van der Waals surface area contributed by atoms with E-state index in [4.69, 9.17) is 0 Å². The number of hydrogen-bond donors (Lipinski definition) is 0. The zero-order valence-corrected chi connectivity index (χ0v) is 17.6. The molecule has 1 aromatic rings. The number of carbonyl (C=O) groups is 2. The zero-order chi connectivity index (χ0) is 19.8. The van der Waals surface area contributed by atoms with Gasteiger partial charge in [0.15, 0.2) is 0 Å². The minimum atomic E-state index is 0.0842. The molecule has 1 aliphatic carbocycles. The second-order valence-corrected chi connectivity index (χ2v) is 7.95. The summed E-state index contributed by atoms with van der Waals surface area (Å²) in [6, 6.07) is 4.51. The number of aryl methyl sites for hydroxylation is 1. The summed E-state index contributed by atoms with van der Waals surface area (Å²) in [5, 5.41) is 0. The first-order valence-electron chi connectivity index (χ1n) is 10.7. The van der Waals surface area contributed by atoms with Crippen LogP contribution < -0.4 is 0 Å². The van der Waals surface area contributed by atoms with Gasteiger partial charge in [0.2, 0.25) is 11.8 Å². The molecule has 5 heteroatoms. The summed E-state index contributed by atoms with van der Waals surface area (Å²) < 4.78 is 2.06. The van der Waals surface area contributed by atoms with Crippen LogP contribution in [0.1, 0.15) is 77.8 Å². The second kappa shape index (κ2) is 10.5. The van der Waals surface area contributed by atoms with Crippen molar-refractivity contribution in [3.8, 4) is 0 Å². The van der Waals surface area contributed by atoms with Gasteiger partial charge in [-0.1, -0.05) is 33.1 Å². The third-order valence-corrected chi connectivity index (χ3v) is 5.68. The van der Waals surface area contributed by atoms with Crippen molar-refractivity contribution < 1.29 is 9.59 Å². The summed E-state index contributed by atoms with van der Waals surface area (Å²) in [4.78, 5) is 29.7. The average molecular weight is 376 g/mol. The molecule has 1 saturated carbocycles. The Labute approximate surface area is 164 Å². The summed E-state index contributed by atoms with van der Waals surface area (Å²) in [7, 11) is 2.01. The van der Waals surface area contributed by atoms with E-state index in [0.717, 1.165) is 44.2 Å². The second-order valence-electron chi connectivity index (χ2n) is 7.95. The predicted octanol–water partition coefficient (Wildman–Crippen LogP) is 4.11. The number of aromatic nitrogens is 1. The van der Waals surface area contributed by atoms with Gasteiger partial charge in [0.05, 0.1) is 6.54 Å². The van der Waals surface area contributed by atoms with Crippen LogP contribution in [-0.4, -0.2) is 44.8 Å². The molecule has 2 amide bonds. The SMILES string of the molecule is CCCCCCC(=O)N(CC(=O)N(Cc1cccn1C)C1CC1)[C@H](C)CC. The molecule has 1 fully saturated rings. The molecule has 5 nitrogen and oxygen atoms in total. The zero-order valence-electron chi connectivity index (χ0n) is 17.6. The van der Waals surface area contributed by atoms with Crippen LogP contribution in [0.25, 0.3) is 0 Å². The number of rotatable bonds is 12. The van der Waals surface area contributed by atoms with E-state index in [2.05, 4.69) is 31.4 Å². The van der Waals surface area contributed by atoms with Gasteiger partial charge in [-0.2, -0.15) is 0 Å². The molecule has 0 radical (unpaired) electrons. The Morgan fingerprint density at radius 1 is 1.19 bits per heavy atom. The smallest absolute Gasteiger partial charge is 0.242 e. The van der Waals surface area contributed by atoms with Gasteiger partial charge in [0, 0.05) is 37.4 Å². The Bertz CT molecular complexity index is 606. The van der Waals surface area contributed by atoms with Crippen molar-refractivity contribution in [1.29, 1.82) is 0 Å². The van der Waals surface area contributed by atoms with Crippen LogP contribution in [-0.2, 0) is 23.2 Å². The molecule has 27 heavy (non-hydrogen) atoms. The highest BCUT2D eigenvalue weighted by Crippen LogP contribution is 2.29. The topological polar surface area (TPSA) is 45.6 Å². The third-order valence-electron chi connectivity index (χ3n) is 5.68. The molecular formula is C22H37N3O2. The molecule has 0 unspecified atom stereocenters. The van der Waals surface area contributed by atoms with Crippen LogP contribution in [0.15, 0.2) is 18.3 Å². The highest BCUT2D eigenvalue weighted by Gasteiger charge is 2.34. The standard InChI is InChI=1S/C22H37N3O2/c1-5-7-8-9-12-21(26)24(18(3)6-2)17-22(27)25(19-13-14-19)16-20-11-10-15-23(20)4/h10-11,15,18-19H,5-9,12-14,16-17H2,1-4H3/t18-/m1/s1. The number of amides is 2. The first-order chi connectivity index (χ1) is 13.0. The fourth-order valence-electron chi connectivity index (χ4n) is 3.44. The Kier molecular flexibility index (Phi) is 8.39. The molecule has 0 aromatic carbocycles. The van der Waals surface area contributed by atoms with Gasteiger partial charge < -0.3 is 14.4 Å². The van der Waals surface area contributed by atoms with Crippen molar-refractivity contribution >= 4 is 11.8 Å². The van der Waals surface area contributed by atoms with Crippen LogP contribution in [0, 0.1) is 0 Å². The van der Waals surface area contributed by atoms with Crippen LogP contribution in [0.3, 0.4) is 0 Å². The highest BCUT2D eigenvalue weighted by atomic mass is 16.2. The predicted molar refractivity (Wildman–Crippen MR) is 109 cm³/mol. The number of nitrogens with zero attached hydrogens (tertiary/aromatic N) is 3.